The number of nitrogens with zero attached hydrogens (tertiary/aromatic N) is 1. The Balaban J connectivity index is 1.88. The summed E-state index contributed by atoms with van der Waals surface area (Å²) in [4.78, 5) is 17.1. The first-order valence-electron chi connectivity index (χ1n) is 7.40. The highest BCUT2D eigenvalue weighted by Crippen LogP contribution is 2.35. The Morgan fingerprint density at radius 2 is 1.88 bits per heavy atom. The van der Waals surface area contributed by atoms with Gasteiger partial charge in [0.15, 0.2) is 16.7 Å². The molecule has 0 bridgehead atoms. The first kappa shape index (κ1) is 16.9. The Hall–Kier alpha value is -2.93. The number of benzene rings is 2. The van der Waals surface area contributed by atoms with Gasteiger partial charge in [-0.15, -0.1) is 0 Å². The van der Waals surface area contributed by atoms with Gasteiger partial charge in [-0.3, -0.25) is 4.79 Å². The molecule has 0 aromatic heterocycles. The Kier molecular flexibility index (Phi) is 4.95. The van der Waals surface area contributed by atoms with E-state index in [0.717, 1.165) is 5.56 Å². The number of amidine groups is 1. The molecule has 1 amide bonds. The van der Waals surface area contributed by atoms with Crippen molar-refractivity contribution in [2.45, 2.75) is 0 Å². The number of methoxy groups -OCH3 is 2. The number of phenols is 1. The molecule has 0 unspecified atom stereocenters. The summed E-state index contributed by atoms with van der Waals surface area (Å²) in [5.74, 6) is 1.10. The molecule has 2 aromatic rings. The van der Waals surface area contributed by atoms with Crippen LogP contribution in [0.25, 0.3) is 6.08 Å². The fourth-order valence-electron chi connectivity index (χ4n) is 2.29. The molecule has 1 aliphatic rings. The number of rotatable bonds is 4. The van der Waals surface area contributed by atoms with Crippen molar-refractivity contribution in [3.63, 3.8) is 0 Å². The average molecular weight is 356 g/mol. The SMILES string of the molecule is COc1cccc(C=C2SC(=Nc3ccc(O)cc3)NC2=O)c1OC. The van der Waals surface area contributed by atoms with E-state index in [1.807, 2.05) is 12.1 Å². The second kappa shape index (κ2) is 7.31. The number of carbonyl (C=O) groups is 1. The van der Waals surface area contributed by atoms with Gasteiger partial charge < -0.3 is 19.9 Å². The molecule has 0 radical (unpaired) electrons. The summed E-state index contributed by atoms with van der Waals surface area (Å²) in [6, 6.07) is 11.9. The highest BCUT2D eigenvalue weighted by molar-refractivity contribution is 8.18. The number of aliphatic imine (C=N–C) groups is 1. The van der Waals surface area contributed by atoms with E-state index in [0.29, 0.717) is 27.3 Å². The maximum atomic E-state index is 12.2. The molecule has 0 atom stereocenters. The third-order valence-corrected chi connectivity index (χ3v) is 4.36. The smallest absolute Gasteiger partial charge is 0.264 e. The van der Waals surface area contributed by atoms with E-state index in [1.165, 1.54) is 11.8 Å². The van der Waals surface area contributed by atoms with Crippen molar-refractivity contribution in [2.75, 3.05) is 14.2 Å². The van der Waals surface area contributed by atoms with Gasteiger partial charge in [0.2, 0.25) is 0 Å². The summed E-state index contributed by atoms with van der Waals surface area (Å²) >= 11 is 1.24. The van der Waals surface area contributed by atoms with Gasteiger partial charge in [0.1, 0.15) is 5.75 Å². The Labute approximate surface area is 149 Å². The molecule has 1 heterocycles. The predicted molar refractivity (Wildman–Crippen MR) is 98.5 cm³/mol. The van der Waals surface area contributed by atoms with Crippen LogP contribution in [0, 0.1) is 0 Å². The molecule has 1 fully saturated rings. The van der Waals surface area contributed by atoms with Crippen LogP contribution < -0.4 is 14.8 Å². The van der Waals surface area contributed by atoms with Crippen molar-refractivity contribution in [1.82, 2.24) is 5.32 Å². The summed E-state index contributed by atoms with van der Waals surface area (Å²) in [7, 11) is 3.12. The van der Waals surface area contributed by atoms with E-state index in [-0.39, 0.29) is 11.7 Å². The summed E-state index contributed by atoms with van der Waals surface area (Å²) in [5.41, 5.74) is 1.38. The molecular formula is C18H16N2O4S. The average Bonchev–Trinajstić information content (AvgIpc) is 2.95. The monoisotopic (exact) mass is 356 g/mol. The van der Waals surface area contributed by atoms with Crippen LogP contribution >= 0.6 is 11.8 Å². The zero-order chi connectivity index (χ0) is 17.8. The third kappa shape index (κ3) is 3.77. The van der Waals surface area contributed by atoms with E-state index in [9.17, 15) is 9.90 Å². The lowest BCUT2D eigenvalue weighted by molar-refractivity contribution is -0.115. The fourth-order valence-corrected chi connectivity index (χ4v) is 3.12. The number of ether oxygens (including phenoxy) is 2. The lowest BCUT2D eigenvalue weighted by Crippen LogP contribution is -2.19. The van der Waals surface area contributed by atoms with Crippen LogP contribution in [-0.2, 0) is 4.79 Å². The van der Waals surface area contributed by atoms with Crippen molar-refractivity contribution in [3.05, 3.63) is 52.9 Å². The molecule has 3 rings (SSSR count). The highest BCUT2D eigenvalue weighted by Gasteiger charge is 2.24. The number of phenolic OH excluding ortho intramolecular Hbond substituents is 1. The van der Waals surface area contributed by atoms with Gasteiger partial charge in [-0.2, -0.15) is 0 Å². The van der Waals surface area contributed by atoms with Crippen LogP contribution in [0.15, 0.2) is 52.4 Å². The van der Waals surface area contributed by atoms with Crippen molar-refractivity contribution in [3.8, 4) is 17.2 Å². The number of para-hydroxylation sites is 1. The number of nitrogens with one attached hydrogen (secondary N) is 1. The zero-order valence-corrected chi connectivity index (χ0v) is 14.5. The van der Waals surface area contributed by atoms with Crippen molar-refractivity contribution < 1.29 is 19.4 Å². The molecular weight excluding hydrogens is 340 g/mol. The standard InChI is InChI=1S/C18H16N2O4S/c1-23-14-5-3-4-11(16(14)24-2)10-15-17(22)20-18(25-15)19-12-6-8-13(21)9-7-12/h3-10,21H,1-2H3,(H,19,20,22). The minimum absolute atomic E-state index is 0.165. The van der Waals surface area contributed by atoms with Gasteiger partial charge in [0.05, 0.1) is 24.8 Å². The Bertz CT molecular complexity index is 860. The van der Waals surface area contributed by atoms with Crippen molar-refractivity contribution in [1.29, 1.82) is 0 Å². The van der Waals surface area contributed by atoms with Crippen LogP contribution in [-0.4, -0.2) is 30.4 Å². The normalized spacial score (nSPS) is 17.0. The molecule has 7 heteroatoms. The number of amides is 1. The van der Waals surface area contributed by atoms with Crippen molar-refractivity contribution in [2.24, 2.45) is 4.99 Å². The van der Waals surface area contributed by atoms with Crippen molar-refractivity contribution >= 4 is 34.6 Å². The van der Waals surface area contributed by atoms with Gasteiger partial charge in [0.25, 0.3) is 5.91 Å². The Morgan fingerprint density at radius 3 is 2.56 bits per heavy atom. The number of hydrogen-bond acceptors (Lipinski definition) is 6. The summed E-state index contributed by atoms with van der Waals surface area (Å²) in [6.45, 7) is 0. The lowest BCUT2D eigenvalue weighted by atomic mass is 10.1. The maximum absolute atomic E-state index is 12.2. The molecule has 0 aliphatic carbocycles. The van der Waals surface area contributed by atoms with E-state index >= 15 is 0 Å². The molecule has 0 spiro atoms. The molecule has 2 aromatic carbocycles. The molecule has 1 saturated heterocycles. The quantitative estimate of drug-likeness (QED) is 0.822. The highest BCUT2D eigenvalue weighted by atomic mass is 32.2. The maximum Gasteiger partial charge on any atom is 0.264 e. The predicted octanol–water partition coefficient (Wildman–Crippen LogP) is 3.30. The minimum atomic E-state index is -0.229. The number of aromatic hydroxyl groups is 1. The van der Waals surface area contributed by atoms with Gasteiger partial charge in [-0.05, 0) is 48.2 Å². The fraction of sp³-hybridized carbons (Fsp3) is 0.111. The van der Waals surface area contributed by atoms with E-state index < -0.39 is 0 Å². The molecule has 1 aliphatic heterocycles. The number of carbonyl (C=O) groups excluding carboxylic acids is 1. The van der Waals surface area contributed by atoms with Gasteiger partial charge >= 0.3 is 0 Å². The largest absolute Gasteiger partial charge is 0.508 e. The molecule has 25 heavy (non-hydrogen) atoms. The van der Waals surface area contributed by atoms with Gasteiger partial charge in [0, 0.05) is 5.56 Å². The molecule has 0 saturated carbocycles. The van der Waals surface area contributed by atoms with Crippen LogP contribution in [0.5, 0.6) is 17.2 Å². The summed E-state index contributed by atoms with van der Waals surface area (Å²) < 4.78 is 10.7. The number of thioether (sulfide) groups is 1. The molecule has 2 N–H and O–H groups in total. The van der Waals surface area contributed by atoms with Crippen LogP contribution in [0.1, 0.15) is 5.56 Å². The molecule has 6 nitrogen and oxygen atoms in total. The zero-order valence-electron chi connectivity index (χ0n) is 13.6. The summed E-state index contributed by atoms with van der Waals surface area (Å²) in [5, 5.41) is 12.5. The second-order valence-electron chi connectivity index (χ2n) is 5.08. The summed E-state index contributed by atoms with van der Waals surface area (Å²) in [6.07, 6.45) is 1.74. The van der Waals surface area contributed by atoms with Crippen LogP contribution in [0.4, 0.5) is 5.69 Å². The molecule has 128 valence electrons. The van der Waals surface area contributed by atoms with Crippen LogP contribution in [0.3, 0.4) is 0 Å². The van der Waals surface area contributed by atoms with E-state index in [4.69, 9.17) is 9.47 Å². The Morgan fingerprint density at radius 1 is 1.12 bits per heavy atom. The lowest BCUT2D eigenvalue weighted by Gasteiger charge is -2.10. The topological polar surface area (TPSA) is 80.2 Å². The number of hydrogen-bond donors (Lipinski definition) is 2. The van der Waals surface area contributed by atoms with Crippen LogP contribution in [0.2, 0.25) is 0 Å². The minimum Gasteiger partial charge on any atom is -0.508 e. The first-order valence-corrected chi connectivity index (χ1v) is 8.22. The first-order chi connectivity index (χ1) is 12.1. The van der Waals surface area contributed by atoms with E-state index in [1.54, 1.807) is 50.6 Å². The van der Waals surface area contributed by atoms with Gasteiger partial charge in [-0.1, -0.05) is 12.1 Å². The van der Waals surface area contributed by atoms with E-state index in [2.05, 4.69) is 10.3 Å². The second-order valence-corrected chi connectivity index (χ2v) is 6.11. The third-order valence-electron chi connectivity index (χ3n) is 3.45. The van der Waals surface area contributed by atoms with Gasteiger partial charge in [-0.25, -0.2) is 4.99 Å².